The molecule has 0 saturated carbocycles. The van der Waals surface area contributed by atoms with Gasteiger partial charge in [0, 0.05) is 19.2 Å². The Hall–Kier alpha value is -2.06. The van der Waals surface area contributed by atoms with Crippen LogP contribution in [0.2, 0.25) is 0 Å². The highest BCUT2D eigenvalue weighted by atomic mass is 32.2. The minimum Gasteiger partial charge on any atom is -0.478 e. The van der Waals surface area contributed by atoms with E-state index < -0.39 is 16.0 Å². The van der Waals surface area contributed by atoms with Gasteiger partial charge in [-0.1, -0.05) is 0 Å². The van der Waals surface area contributed by atoms with E-state index in [1.807, 2.05) is 0 Å². The van der Waals surface area contributed by atoms with Gasteiger partial charge in [0.05, 0.1) is 12.5 Å². The number of sulfonamides is 1. The van der Waals surface area contributed by atoms with E-state index in [1.165, 1.54) is 33.4 Å². The van der Waals surface area contributed by atoms with E-state index in [9.17, 15) is 18.3 Å². The molecule has 0 fully saturated rings. The second kappa shape index (κ2) is 5.38. The van der Waals surface area contributed by atoms with Crippen molar-refractivity contribution >= 4 is 16.0 Å². The van der Waals surface area contributed by atoms with Crippen LogP contribution in [0.5, 0.6) is 0 Å². The van der Waals surface area contributed by atoms with Gasteiger partial charge in [-0.05, 0) is 19.9 Å². The van der Waals surface area contributed by atoms with Crippen molar-refractivity contribution in [2.45, 2.75) is 25.3 Å². The summed E-state index contributed by atoms with van der Waals surface area (Å²) in [5.41, 5.74) is 0.336. The summed E-state index contributed by atoms with van der Waals surface area (Å²) in [7, 11) is -2.61. The fourth-order valence-electron chi connectivity index (χ4n) is 2.10. The van der Waals surface area contributed by atoms with Crippen molar-refractivity contribution < 1.29 is 27.2 Å². The molecule has 1 N–H and O–H groups in total. The lowest BCUT2D eigenvalue weighted by Crippen LogP contribution is -2.28. The predicted octanol–water partition coefficient (Wildman–Crippen LogP) is 2.01. The van der Waals surface area contributed by atoms with Crippen LogP contribution >= 0.6 is 0 Å². The molecule has 2 aromatic rings. The number of rotatable bonds is 5. The summed E-state index contributed by atoms with van der Waals surface area (Å²) >= 11 is 0. The predicted molar refractivity (Wildman–Crippen MR) is 72.5 cm³/mol. The van der Waals surface area contributed by atoms with Gasteiger partial charge in [-0.3, -0.25) is 0 Å². The van der Waals surface area contributed by atoms with E-state index in [1.54, 1.807) is 6.07 Å². The Morgan fingerprint density at radius 3 is 2.52 bits per heavy atom. The van der Waals surface area contributed by atoms with Crippen LogP contribution < -0.4 is 0 Å². The maximum Gasteiger partial charge on any atom is 0.340 e. The number of aryl methyl sites for hydroxylation is 2. The van der Waals surface area contributed by atoms with Crippen molar-refractivity contribution in [3.8, 4) is 0 Å². The molecule has 0 saturated heterocycles. The standard InChI is InChI=1S/C13H15NO6S/c1-8-11(13(15)16)12(9(2)20-8)21(17,18)14(3)6-10-4-5-19-7-10/h4-5,7H,6H2,1-3H3,(H,15,16). The maximum absolute atomic E-state index is 12.6. The Balaban J connectivity index is 2.47. The number of furan rings is 2. The van der Waals surface area contributed by atoms with Gasteiger partial charge >= 0.3 is 5.97 Å². The molecule has 0 radical (unpaired) electrons. The zero-order valence-electron chi connectivity index (χ0n) is 11.8. The summed E-state index contributed by atoms with van der Waals surface area (Å²) in [6.45, 7) is 2.92. The lowest BCUT2D eigenvalue weighted by Gasteiger charge is -2.16. The van der Waals surface area contributed by atoms with E-state index in [0.29, 0.717) is 5.56 Å². The fourth-order valence-corrected chi connectivity index (χ4v) is 3.63. The van der Waals surface area contributed by atoms with Crippen LogP contribution in [-0.4, -0.2) is 30.8 Å². The molecule has 2 rings (SSSR count). The van der Waals surface area contributed by atoms with Gasteiger partial charge in [0.1, 0.15) is 22.0 Å². The average Bonchev–Trinajstić information content (AvgIpc) is 2.96. The first-order valence-corrected chi connectivity index (χ1v) is 7.50. The van der Waals surface area contributed by atoms with E-state index >= 15 is 0 Å². The van der Waals surface area contributed by atoms with Gasteiger partial charge in [-0.25, -0.2) is 13.2 Å². The topological polar surface area (TPSA) is 101 Å². The molecule has 114 valence electrons. The zero-order chi connectivity index (χ0) is 15.8. The first-order chi connectivity index (χ1) is 9.75. The Morgan fingerprint density at radius 2 is 2.00 bits per heavy atom. The number of aromatic carboxylic acids is 1. The third-order valence-electron chi connectivity index (χ3n) is 3.07. The highest BCUT2D eigenvalue weighted by molar-refractivity contribution is 7.89. The molecule has 7 nitrogen and oxygen atoms in total. The maximum atomic E-state index is 12.6. The Bertz CT molecular complexity index is 757. The van der Waals surface area contributed by atoms with E-state index in [-0.39, 0.29) is 28.5 Å². The number of hydrogen-bond donors (Lipinski definition) is 1. The zero-order valence-corrected chi connectivity index (χ0v) is 12.6. The van der Waals surface area contributed by atoms with Crippen LogP contribution in [-0.2, 0) is 16.6 Å². The van der Waals surface area contributed by atoms with Crippen molar-refractivity contribution in [2.75, 3.05) is 7.05 Å². The van der Waals surface area contributed by atoms with Crippen LogP contribution in [0.1, 0.15) is 27.4 Å². The average molecular weight is 313 g/mol. The summed E-state index contributed by atoms with van der Waals surface area (Å²) in [6.07, 6.45) is 2.86. The third kappa shape index (κ3) is 2.72. The van der Waals surface area contributed by atoms with Crippen LogP contribution in [0, 0.1) is 13.8 Å². The van der Waals surface area contributed by atoms with Gasteiger partial charge in [0.2, 0.25) is 10.0 Å². The van der Waals surface area contributed by atoms with E-state index in [2.05, 4.69) is 0 Å². The van der Waals surface area contributed by atoms with Gasteiger partial charge < -0.3 is 13.9 Å². The van der Waals surface area contributed by atoms with Crippen LogP contribution in [0.15, 0.2) is 32.3 Å². The fraction of sp³-hybridized carbons (Fsp3) is 0.308. The Labute approximate surface area is 121 Å². The number of carboxylic acids is 1. The molecular weight excluding hydrogens is 298 g/mol. The van der Waals surface area contributed by atoms with Crippen molar-refractivity contribution in [1.29, 1.82) is 0 Å². The first kappa shape index (κ1) is 15.3. The molecule has 0 aliphatic carbocycles. The summed E-state index contributed by atoms with van der Waals surface area (Å²) in [5, 5.41) is 9.20. The SMILES string of the molecule is Cc1oc(C)c(S(=O)(=O)N(C)Cc2ccoc2)c1C(=O)O. The molecule has 21 heavy (non-hydrogen) atoms. The molecule has 2 heterocycles. The van der Waals surface area contributed by atoms with Crippen molar-refractivity contribution in [2.24, 2.45) is 0 Å². The lowest BCUT2D eigenvalue weighted by molar-refractivity contribution is 0.0691. The summed E-state index contributed by atoms with van der Waals surface area (Å²) in [6, 6.07) is 1.64. The molecule has 8 heteroatoms. The molecular formula is C13H15NO6S. The van der Waals surface area contributed by atoms with Gasteiger partial charge in [-0.15, -0.1) is 0 Å². The molecule has 0 unspecified atom stereocenters. The quantitative estimate of drug-likeness (QED) is 0.906. The molecule has 0 atom stereocenters. The molecule has 2 aromatic heterocycles. The minimum atomic E-state index is -3.98. The first-order valence-electron chi connectivity index (χ1n) is 6.06. The largest absolute Gasteiger partial charge is 0.478 e. The number of carboxylic acid groups (broad SMARTS) is 1. The van der Waals surface area contributed by atoms with Crippen molar-refractivity contribution in [3.05, 3.63) is 41.2 Å². The minimum absolute atomic E-state index is 0.0592. The molecule has 0 amide bonds. The summed E-state index contributed by atoms with van der Waals surface area (Å²) in [5.74, 6) is -1.21. The number of nitrogens with zero attached hydrogens (tertiary/aromatic N) is 1. The van der Waals surface area contributed by atoms with E-state index in [4.69, 9.17) is 8.83 Å². The van der Waals surface area contributed by atoms with Crippen molar-refractivity contribution in [1.82, 2.24) is 4.31 Å². The molecule has 0 aliphatic heterocycles. The van der Waals surface area contributed by atoms with Crippen LogP contribution in [0.25, 0.3) is 0 Å². The molecule has 0 spiro atoms. The van der Waals surface area contributed by atoms with Crippen LogP contribution in [0.4, 0.5) is 0 Å². The van der Waals surface area contributed by atoms with Gasteiger partial charge in [-0.2, -0.15) is 4.31 Å². The summed E-state index contributed by atoms with van der Waals surface area (Å²) < 4.78 is 36.3. The molecule has 0 bridgehead atoms. The highest BCUT2D eigenvalue weighted by Crippen LogP contribution is 2.29. The smallest absolute Gasteiger partial charge is 0.340 e. The van der Waals surface area contributed by atoms with Gasteiger partial charge in [0.15, 0.2) is 0 Å². The molecule has 0 aromatic carbocycles. The number of carbonyl (C=O) groups is 1. The third-order valence-corrected chi connectivity index (χ3v) is 5.03. The van der Waals surface area contributed by atoms with Crippen LogP contribution in [0.3, 0.4) is 0 Å². The lowest BCUT2D eigenvalue weighted by atomic mass is 10.2. The Kier molecular flexibility index (Phi) is 3.93. The summed E-state index contributed by atoms with van der Waals surface area (Å²) in [4.78, 5) is 11.0. The second-order valence-electron chi connectivity index (χ2n) is 4.62. The van der Waals surface area contributed by atoms with E-state index in [0.717, 1.165) is 4.31 Å². The highest BCUT2D eigenvalue weighted by Gasteiger charge is 2.33. The Morgan fingerprint density at radius 1 is 1.33 bits per heavy atom. The van der Waals surface area contributed by atoms with Crippen molar-refractivity contribution in [3.63, 3.8) is 0 Å². The number of hydrogen-bond acceptors (Lipinski definition) is 5. The van der Waals surface area contributed by atoms with Gasteiger partial charge in [0.25, 0.3) is 0 Å². The second-order valence-corrected chi connectivity index (χ2v) is 6.60. The molecule has 0 aliphatic rings. The monoisotopic (exact) mass is 313 g/mol. The normalized spacial score (nSPS) is 12.0.